The average molecular weight is 552 g/mol. The van der Waals surface area contributed by atoms with Gasteiger partial charge in [-0.05, 0) is 55.0 Å². The Morgan fingerprint density at radius 1 is 1.08 bits per heavy atom. The lowest BCUT2D eigenvalue weighted by molar-refractivity contribution is -0.119. The summed E-state index contributed by atoms with van der Waals surface area (Å²) in [6.07, 6.45) is 1.60. The number of hydrogen-bond donors (Lipinski definition) is 3. The number of aromatic amines is 1. The third kappa shape index (κ3) is 5.87. The average Bonchev–Trinajstić information content (AvgIpc) is 3.33. The standard InChI is InChI=1S/C28H26ClN3O7/c1-15(33)19-6-4-17(29)12-20(19)21-13-26(34)32(14-25(21)39-3)24(8-9-38-2)27(35)30-18-5-7-22-16(10-18)11-23(31-22)28(36)37/h4-7,10-14,24,31H,8-9H2,1-3H3,(H,30,35)(H,36,37). The Morgan fingerprint density at radius 2 is 1.85 bits per heavy atom. The van der Waals surface area contributed by atoms with E-state index in [0.29, 0.717) is 38.3 Å². The molecular formula is C28H26ClN3O7. The zero-order chi connectivity index (χ0) is 28.3. The van der Waals surface area contributed by atoms with Gasteiger partial charge in [-0.3, -0.25) is 19.0 Å². The van der Waals surface area contributed by atoms with Crippen molar-refractivity contribution in [3.05, 3.63) is 81.4 Å². The summed E-state index contributed by atoms with van der Waals surface area (Å²) >= 11 is 6.18. The van der Waals surface area contributed by atoms with Crippen molar-refractivity contribution in [2.24, 2.45) is 0 Å². The fourth-order valence-corrected chi connectivity index (χ4v) is 4.54. The molecule has 1 atom stereocenters. The van der Waals surface area contributed by atoms with Crippen LogP contribution < -0.4 is 15.6 Å². The number of nitrogens with one attached hydrogen (secondary N) is 2. The monoisotopic (exact) mass is 551 g/mol. The van der Waals surface area contributed by atoms with Crippen molar-refractivity contribution < 1.29 is 29.0 Å². The van der Waals surface area contributed by atoms with Crippen LogP contribution >= 0.6 is 11.6 Å². The summed E-state index contributed by atoms with van der Waals surface area (Å²) in [5, 5.41) is 13.0. The van der Waals surface area contributed by atoms with Gasteiger partial charge >= 0.3 is 5.97 Å². The van der Waals surface area contributed by atoms with Crippen molar-refractivity contribution in [2.45, 2.75) is 19.4 Å². The van der Waals surface area contributed by atoms with Crippen LogP contribution in [0.2, 0.25) is 5.02 Å². The Balaban J connectivity index is 1.73. The van der Waals surface area contributed by atoms with Crippen LogP contribution in [0.25, 0.3) is 22.0 Å². The van der Waals surface area contributed by atoms with Crippen molar-refractivity contribution in [1.82, 2.24) is 9.55 Å². The van der Waals surface area contributed by atoms with Crippen LogP contribution in [0.5, 0.6) is 5.75 Å². The van der Waals surface area contributed by atoms with Gasteiger partial charge in [0.1, 0.15) is 17.5 Å². The molecule has 2 aromatic carbocycles. The molecule has 2 heterocycles. The molecule has 10 nitrogen and oxygen atoms in total. The Kier molecular flexibility index (Phi) is 8.18. The first-order valence-corrected chi connectivity index (χ1v) is 12.3. The number of benzene rings is 2. The van der Waals surface area contributed by atoms with Gasteiger partial charge in [-0.25, -0.2) is 4.79 Å². The SMILES string of the molecule is COCCC(C(=O)Nc1ccc2[nH]c(C(=O)O)cc2c1)n1cc(OC)c(-c2cc(Cl)ccc2C(C)=O)cc1=O. The molecule has 0 saturated carbocycles. The van der Waals surface area contributed by atoms with E-state index in [1.54, 1.807) is 36.4 Å². The fourth-order valence-electron chi connectivity index (χ4n) is 4.37. The molecule has 4 rings (SSSR count). The van der Waals surface area contributed by atoms with E-state index in [-0.39, 0.29) is 30.3 Å². The smallest absolute Gasteiger partial charge is 0.352 e. The number of pyridine rings is 1. The molecule has 39 heavy (non-hydrogen) atoms. The number of carbonyl (C=O) groups is 3. The molecule has 202 valence electrons. The summed E-state index contributed by atoms with van der Waals surface area (Å²) in [6.45, 7) is 1.61. The summed E-state index contributed by atoms with van der Waals surface area (Å²) in [4.78, 5) is 53.1. The lowest BCUT2D eigenvalue weighted by atomic mass is 9.97. The van der Waals surface area contributed by atoms with E-state index in [1.165, 1.54) is 44.0 Å². The topological polar surface area (TPSA) is 140 Å². The maximum absolute atomic E-state index is 13.4. The first kappa shape index (κ1) is 27.6. The van der Waals surface area contributed by atoms with Crippen LogP contribution in [-0.4, -0.2) is 53.1 Å². The summed E-state index contributed by atoms with van der Waals surface area (Å²) in [5.41, 5.74) is 1.73. The van der Waals surface area contributed by atoms with E-state index in [2.05, 4.69) is 10.3 Å². The van der Waals surface area contributed by atoms with E-state index in [1.807, 2.05) is 0 Å². The van der Waals surface area contributed by atoms with Gasteiger partial charge in [0.25, 0.3) is 5.56 Å². The van der Waals surface area contributed by atoms with Crippen molar-refractivity contribution in [2.75, 3.05) is 26.1 Å². The number of H-pyrrole nitrogens is 1. The normalized spacial score (nSPS) is 11.8. The molecule has 3 N–H and O–H groups in total. The van der Waals surface area contributed by atoms with Gasteiger partial charge < -0.3 is 24.9 Å². The van der Waals surface area contributed by atoms with E-state index < -0.39 is 23.5 Å². The molecule has 0 aliphatic heterocycles. The highest BCUT2D eigenvalue weighted by molar-refractivity contribution is 6.31. The van der Waals surface area contributed by atoms with Gasteiger partial charge in [0, 0.05) is 58.9 Å². The van der Waals surface area contributed by atoms with Gasteiger partial charge in [0.05, 0.1) is 13.3 Å². The van der Waals surface area contributed by atoms with Crippen LogP contribution in [0.3, 0.4) is 0 Å². The predicted molar refractivity (Wildman–Crippen MR) is 147 cm³/mol. The number of ether oxygens (including phenoxy) is 2. The number of nitrogens with zero attached hydrogens (tertiary/aromatic N) is 1. The molecule has 0 aliphatic rings. The highest BCUT2D eigenvalue weighted by Crippen LogP contribution is 2.34. The number of carboxylic acid groups (broad SMARTS) is 1. The number of methoxy groups -OCH3 is 2. The van der Waals surface area contributed by atoms with Crippen molar-refractivity contribution >= 4 is 45.9 Å². The highest BCUT2D eigenvalue weighted by Gasteiger charge is 2.25. The van der Waals surface area contributed by atoms with Crippen LogP contribution in [-0.2, 0) is 9.53 Å². The van der Waals surface area contributed by atoms with Crippen LogP contribution in [0.1, 0.15) is 40.2 Å². The molecule has 0 radical (unpaired) electrons. The number of amides is 1. The summed E-state index contributed by atoms with van der Waals surface area (Å²) < 4.78 is 12.0. The van der Waals surface area contributed by atoms with Gasteiger partial charge in [0.2, 0.25) is 5.91 Å². The number of aromatic nitrogens is 2. The number of carboxylic acids is 1. The van der Waals surface area contributed by atoms with E-state index >= 15 is 0 Å². The second kappa shape index (κ2) is 11.5. The summed E-state index contributed by atoms with van der Waals surface area (Å²) in [7, 11) is 2.91. The van der Waals surface area contributed by atoms with Gasteiger partial charge in [-0.1, -0.05) is 11.6 Å². The Morgan fingerprint density at radius 3 is 2.51 bits per heavy atom. The number of Topliss-reactive ketones (excluding diaryl/α,β-unsaturated/α-hetero) is 1. The first-order valence-electron chi connectivity index (χ1n) is 11.9. The van der Waals surface area contributed by atoms with Crippen molar-refractivity contribution in [3.63, 3.8) is 0 Å². The molecule has 0 bridgehead atoms. The quantitative estimate of drug-likeness (QED) is 0.241. The minimum atomic E-state index is -1.10. The first-order chi connectivity index (χ1) is 18.6. The minimum absolute atomic E-state index is 0.0258. The Hall–Kier alpha value is -4.41. The molecule has 2 aromatic heterocycles. The number of anilines is 1. The Bertz CT molecular complexity index is 1640. The van der Waals surface area contributed by atoms with Crippen molar-refractivity contribution in [1.29, 1.82) is 0 Å². The van der Waals surface area contributed by atoms with E-state index in [4.69, 9.17) is 21.1 Å². The molecule has 0 aliphatic carbocycles. The zero-order valence-electron chi connectivity index (χ0n) is 21.4. The third-order valence-electron chi connectivity index (χ3n) is 6.27. The third-order valence-corrected chi connectivity index (χ3v) is 6.50. The zero-order valence-corrected chi connectivity index (χ0v) is 22.2. The second-order valence-corrected chi connectivity index (χ2v) is 9.26. The molecule has 0 saturated heterocycles. The van der Waals surface area contributed by atoms with Crippen LogP contribution in [0.4, 0.5) is 5.69 Å². The molecule has 1 amide bonds. The number of ketones is 1. The van der Waals surface area contributed by atoms with Crippen LogP contribution in [0.15, 0.2) is 59.5 Å². The number of halogens is 1. The van der Waals surface area contributed by atoms with Crippen molar-refractivity contribution in [3.8, 4) is 16.9 Å². The number of rotatable bonds is 10. The number of hydrogen-bond acceptors (Lipinski definition) is 6. The highest BCUT2D eigenvalue weighted by atomic mass is 35.5. The minimum Gasteiger partial charge on any atom is -0.495 e. The number of fused-ring (bicyclic) bond motifs is 1. The number of carbonyl (C=O) groups excluding carboxylic acids is 2. The molecule has 11 heteroatoms. The predicted octanol–water partition coefficient (Wildman–Crippen LogP) is 4.78. The maximum atomic E-state index is 13.4. The maximum Gasteiger partial charge on any atom is 0.352 e. The summed E-state index contributed by atoms with van der Waals surface area (Å²) in [5.74, 6) is -1.52. The second-order valence-electron chi connectivity index (χ2n) is 8.82. The fraction of sp³-hybridized carbons (Fsp3) is 0.214. The molecule has 0 fully saturated rings. The lowest BCUT2D eigenvalue weighted by Gasteiger charge is -2.21. The van der Waals surface area contributed by atoms with Gasteiger partial charge in [0.15, 0.2) is 5.78 Å². The molecular weight excluding hydrogens is 526 g/mol. The lowest BCUT2D eigenvalue weighted by Crippen LogP contribution is -2.34. The Labute approximate surface area is 228 Å². The van der Waals surface area contributed by atoms with Gasteiger partial charge in [-0.15, -0.1) is 0 Å². The summed E-state index contributed by atoms with van der Waals surface area (Å²) in [6, 6.07) is 11.5. The largest absolute Gasteiger partial charge is 0.495 e. The molecule has 0 spiro atoms. The van der Waals surface area contributed by atoms with Gasteiger partial charge in [-0.2, -0.15) is 0 Å². The molecule has 4 aromatic rings. The van der Waals surface area contributed by atoms with E-state index in [0.717, 1.165) is 0 Å². The van der Waals surface area contributed by atoms with Crippen LogP contribution in [0, 0.1) is 0 Å². The number of aromatic carboxylic acids is 1. The van der Waals surface area contributed by atoms with E-state index in [9.17, 15) is 24.3 Å². The molecule has 1 unspecified atom stereocenters.